The first-order valence-electron chi connectivity index (χ1n) is 13.0. The van der Waals surface area contributed by atoms with Gasteiger partial charge in [0.15, 0.2) is 0 Å². The fraction of sp³-hybridized carbons (Fsp3) is 0.515. The zero-order chi connectivity index (χ0) is 26.1. The molecule has 190 valence electrons. The minimum Gasteiger partial charge on any atom is -0.405 e. The van der Waals surface area contributed by atoms with E-state index in [2.05, 4.69) is 153 Å². The Morgan fingerprint density at radius 3 is 0.912 bits per heavy atom. The number of hydrogen-bond acceptors (Lipinski definition) is 1. The fourth-order valence-electron chi connectivity index (χ4n) is 5.48. The normalized spacial score (nSPS) is 21.1. The molecule has 1 nitrogen and oxygen atoms in total. The molecule has 0 radical (unpaired) electrons. The third-order valence-electron chi connectivity index (χ3n) is 7.00. The molecular weight excluding hydrogens is 410 g/mol. The van der Waals surface area contributed by atoms with Crippen molar-refractivity contribution in [1.82, 2.24) is 0 Å². The van der Waals surface area contributed by atoms with E-state index in [-0.39, 0.29) is 21.7 Å². The molecule has 1 atom stereocenters. The Morgan fingerprint density at radius 2 is 0.676 bits per heavy atom. The van der Waals surface area contributed by atoms with Crippen LogP contribution in [0, 0.1) is 21.7 Å². The van der Waals surface area contributed by atoms with Crippen LogP contribution in [0.3, 0.4) is 0 Å². The maximum Gasteiger partial charge on any atom is 0.0187 e. The van der Waals surface area contributed by atoms with Crippen molar-refractivity contribution in [2.75, 3.05) is 0 Å². The number of hydrogen-bond donors (Lipinski definition) is 1. The fourth-order valence-corrected chi connectivity index (χ4v) is 5.48. The molecule has 2 N–H and O–H groups in total. The summed E-state index contributed by atoms with van der Waals surface area (Å²) in [6.07, 6.45) is 40.0. The van der Waals surface area contributed by atoms with Gasteiger partial charge < -0.3 is 5.73 Å². The van der Waals surface area contributed by atoms with E-state index in [1.165, 1.54) is 0 Å². The van der Waals surface area contributed by atoms with Crippen LogP contribution in [0.4, 0.5) is 0 Å². The summed E-state index contributed by atoms with van der Waals surface area (Å²) in [6.45, 7) is 19.5. The summed E-state index contributed by atoms with van der Waals surface area (Å²) in [4.78, 5) is 0. The van der Waals surface area contributed by atoms with Gasteiger partial charge in [-0.15, -0.1) is 0 Å². The van der Waals surface area contributed by atoms with E-state index < -0.39 is 0 Å². The van der Waals surface area contributed by atoms with Crippen molar-refractivity contribution in [3.63, 3.8) is 0 Å². The van der Waals surface area contributed by atoms with Crippen molar-refractivity contribution in [3.8, 4) is 0 Å². The van der Waals surface area contributed by atoms with Crippen molar-refractivity contribution in [3.05, 3.63) is 97.3 Å². The van der Waals surface area contributed by atoms with E-state index >= 15 is 0 Å². The van der Waals surface area contributed by atoms with Gasteiger partial charge in [0, 0.05) is 21.7 Å². The topological polar surface area (TPSA) is 26.0 Å². The largest absolute Gasteiger partial charge is 0.405 e. The predicted molar refractivity (Wildman–Crippen MR) is 157 cm³/mol. The molecule has 0 amide bonds. The Hall–Kier alpha value is -2.28. The lowest BCUT2D eigenvalue weighted by atomic mass is 9.56. The zero-order valence-electron chi connectivity index (χ0n) is 23.6. The van der Waals surface area contributed by atoms with E-state index in [4.69, 9.17) is 5.73 Å². The molecule has 0 spiro atoms. The number of nitrogens with two attached hydrogens (primary N) is 1. The standard InChI is InChI=1S/C33H53N/c1-10-17-30(8,18-11-2)24-26-32(20-13-4,21-14-5)33(22-15-6,23-16-7)27-25-31(9,19-12-3)28-29-34/h10-23,28-29H,24-27,34H2,1-9H3. The lowest BCUT2D eigenvalue weighted by Gasteiger charge is -2.47. The molecule has 0 saturated carbocycles. The molecule has 0 aromatic heterocycles. The van der Waals surface area contributed by atoms with Crippen molar-refractivity contribution >= 4 is 0 Å². The van der Waals surface area contributed by atoms with Crippen LogP contribution in [0.5, 0.6) is 0 Å². The van der Waals surface area contributed by atoms with Crippen molar-refractivity contribution in [1.29, 1.82) is 0 Å². The molecule has 0 heterocycles. The van der Waals surface area contributed by atoms with Gasteiger partial charge in [0.25, 0.3) is 0 Å². The molecule has 0 bridgehead atoms. The Labute approximate surface area is 212 Å². The van der Waals surface area contributed by atoms with Crippen LogP contribution in [-0.4, -0.2) is 0 Å². The van der Waals surface area contributed by atoms with Crippen LogP contribution in [0.15, 0.2) is 97.3 Å². The Bertz CT molecular complexity index is 678. The van der Waals surface area contributed by atoms with Crippen LogP contribution in [-0.2, 0) is 0 Å². The second kappa shape index (κ2) is 15.6. The maximum atomic E-state index is 5.86. The van der Waals surface area contributed by atoms with E-state index in [0.29, 0.717) is 0 Å². The summed E-state index contributed by atoms with van der Waals surface area (Å²) < 4.78 is 0. The van der Waals surface area contributed by atoms with E-state index in [1.54, 1.807) is 6.20 Å². The lowest BCUT2D eigenvalue weighted by Crippen LogP contribution is -2.39. The smallest absolute Gasteiger partial charge is 0.0187 e. The molecule has 0 aliphatic carbocycles. The van der Waals surface area contributed by atoms with Crippen LogP contribution >= 0.6 is 0 Å². The van der Waals surface area contributed by atoms with Crippen molar-refractivity contribution in [2.24, 2.45) is 27.4 Å². The molecule has 34 heavy (non-hydrogen) atoms. The van der Waals surface area contributed by atoms with Crippen LogP contribution in [0.2, 0.25) is 0 Å². The summed E-state index contributed by atoms with van der Waals surface area (Å²) in [5.41, 5.74) is 5.49. The predicted octanol–water partition coefficient (Wildman–Crippen LogP) is 10.0. The van der Waals surface area contributed by atoms with Crippen LogP contribution < -0.4 is 5.73 Å². The van der Waals surface area contributed by atoms with E-state index in [0.717, 1.165) is 25.7 Å². The number of allylic oxidation sites excluding steroid dienone is 15. The average Bonchev–Trinajstić information content (AvgIpc) is 2.77. The molecule has 1 unspecified atom stereocenters. The Kier molecular flexibility index (Phi) is 14.5. The summed E-state index contributed by atoms with van der Waals surface area (Å²) in [6, 6.07) is 0. The maximum absolute atomic E-state index is 5.86. The molecule has 0 saturated heterocycles. The molecular formula is C33H53N. The molecule has 0 aromatic rings. The molecule has 0 aromatic carbocycles. The summed E-state index contributed by atoms with van der Waals surface area (Å²) in [7, 11) is 0. The first-order valence-corrected chi connectivity index (χ1v) is 13.0. The van der Waals surface area contributed by atoms with Gasteiger partial charge in [-0.25, -0.2) is 0 Å². The minimum atomic E-state index is -0.159. The summed E-state index contributed by atoms with van der Waals surface area (Å²) in [5.74, 6) is 0. The van der Waals surface area contributed by atoms with Crippen molar-refractivity contribution in [2.45, 2.75) is 88.0 Å². The SMILES string of the molecule is CC=CC(C)(C=CC)CCC(C=CC)(C=CC)C(C=CC)(C=CC)CCC(C)(C=CC)C=CN. The molecule has 0 rings (SSSR count). The first-order chi connectivity index (χ1) is 16.1. The lowest BCUT2D eigenvalue weighted by molar-refractivity contribution is 0.188. The monoisotopic (exact) mass is 463 g/mol. The van der Waals surface area contributed by atoms with Gasteiger partial charge in [-0.1, -0.05) is 105 Å². The minimum absolute atomic E-state index is 0.0251. The van der Waals surface area contributed by atoms with Crippen molar-refractivity contribution < 1.29 is 0 Å². The van der Waals surface area contributed by atoms with Gasteiger partial charge in [0.1, 0.15) is 0 Å². The van der Waals surface area contributed by atoms with Gasteiger partial charge >= 0.3 is 0 Å². The highest BCUT2D eigenvalue weighted by Crippen LogP contribution is 2.54. The van der Waals surface area contributed by atoms with E-state index in [9.17, 15) is 0 Å². The molecule has 1 heteroatoms. The van der Waals surface area contributed by atoms with E-state index in [1.807, 2.05) is 0 Å². The second-order valence-corrected chi connectivity index (χ2v) is 9.95. The number of rotatable bonds is 15. The third-order valence-corrected chi connectivity index (χ3v) is 7.00. The quantitative estimate of drug-likeness (QED) is 0.240. The second-order valence-electron chi connectivity index (χ2n) is 9.95. The highest BCUT2D eigenvalue weighted by Gasteiger charge is 2.45. The van der Waals surface area contributed by atoms with Crippen LogP contribution in [0.25, 0.3) is 0 Å². The molecule has 0 fully saturated rings. The van der Waals surface area contributed by atoms with Gasteiger partial charge in [-0.3, -0.25) is 0 Å². The zero-order valence-corrected chi connectivity index (χ0v) is 23.6. The highest BCUT2D eigenvalue weighted by atomic mass is 14.5. The van der Waals surface area contributed by atoms with Gasteiger partial charge in [0.05, 0.1) is 0 Å². The first kappa shape index (κ1) is 31.7. The molecule has 0 aliphatic heterocycles. The average molecular weight is 464 g/mol. The van der Waals surface area contributed by atoms with Gasteiger partial charge in [-0.2, -0.15) is 0 Å². The Balaban J connectivity index is 6.88. The Morgan fingerprint density at radius 1 is 0.412 bits per heavy atom. The third kappa shape index (κ3) is 8.82. The summed E-state index contributed by atoms with van der Waals surface area (Å²) >= 11 is 0. The highest BCUT2D eigenvalue weighted by molar-refractivity contribution is 5.30. The summed E-state index contributed by atoms with van der Waals surface area (Å²) in [5, 5.41) is 0. The van der Waals surface area contributed by atoms with Crippen LogP contribution in [0.1, 0.15) is 88.0 Å². The van der Waals surface area contributed by atoms with Gasteiger partial charge in [-0.05, 0) is 80.3 Å². The molecule has 0 aliphatic rings. The van der Waals surface area contributed by atoms with Gasteiger partial charge in [0.2, 0.25) is 0 Å².